The third-order valence-corrected chi connectivity index (χ3v) is 3.67. The summed E-state index contributed by atoms with van der Waals surface area (Å²) in [5.41, 5.74) is 0.164. The fourth-order valence-corrected chi connectivity index (χ4v) is 2.23. The molecule has 2 rings (SSSR count). The number of rotatable bonds is 6. The lowest BCUT2D eigenvalue weighted by Crippen LogP contribution is -2.56. The van der Waals surface area contributed by atoms with E-state index in [0.717, 1.165) is 19.3 Å². The number of ether oxygens (including phenoxy) is 1. The first-order chi connectivity index (χ1) is 9.54. The lowest BCUT2D eigenvalue weighted by atomic mass is 9.77. The molecule has 1 amide bonds. The first-order valence-electron chi connectivity index (χ1n) is 7.21. The van der Waals surface area contributed by atoms with E-state index in [0.29, 0.717) is 23.8 Å². The molecule has 110 valence electrons. The SMILES string of the molecule is CC(C)COc1cccc(C(=O)NC2(CO)CCC2)c1. The number of hydrogen-bond acceptors (Lipinski definition) is 3. The van der Waals surface area contributed by atoms with Gasteiger partial charge in [0.15, 0.2) is 0 Å². The van der Waals surface area contributed by atoms with Gasteiger partial charge in [-0.25, -0.2) is 0 Å². The van der Waals surface area contributed by atoms with Crippen LogP contribution in [0.25, 0.3) is 0 Å². The number of amides is 1. The Balaban J connectivity index is 2.00. The van der Waals surface area contributed by atoms with E-state index in [2.05, 4.69) is 19.2 Å². The largest absolute Gasteiger partial charge is 0.493 e. The maximum absolute atomic E-state index is 12.2. The minimum atomic E-state index is -0.411. The lowest BCUT2D eigenvalue weighted by molar-refractivity contribution is 0.0641. The molecule has 1 fully saturated rings. The minimum Gasteiger partial charge on any atom is -0.493 e. The van der Waals surface area contributed by atoms with E-state index in [1.165, 1.54) is 0 Å². The van der Waals surface area contributed by atoms with E-state index in [1.807, 2.05) is 12.1 Å². The van der Waals surface area contributed by atoms with Crippen molar-refractivity contribution in [1.29, 1.82) is 0 Å². The van der Waals surface area contributed by atoms with E-state index in [-0.39, 0.29) is 12.5 Å². The molecule has 1 saturated carbocycles. The third kappa shape index (κ3) is 3.51. The van der Waals surface area contributed by atoms with Crippen molar-refractivity contribution in [3.05, 3.63) is 29.8 Å². The molecule has 2 N–H and O–H groups in total. The van der Waals surface area contributed by atoms with Crippen LogP contribution in [0.2, 0.25) is 0 Å². The predicted octanol–water partition coefficient (Wildman–Crippen LogP) is 2.37. The van der Waals surface area contributed by atoms with Crippen LogP contribution in [0.15, 0.2) is 24.3 Å². The molecule has 4 heteroatoms. The Bertz CT molecular complexity index is 461. The van der Waals surface area contributed by atoms with Crippen molar-refractivity contribution in [2.24, 2.45) is 5.92 Å². The molecule has 0 radical (unpaired) electrons. The molecule has 0 spiro atoms. The summed E-state index contributed by atoms with van der Waals surface area (Å²) in [4.78, 5) is 12.2. The molecule has 0 atom stereocenters. The molecule has 0 heterocycles. The minimum absolute atomic E-state index is 0.00226. The average molecular weight is 277 g/mol. The monoisotopic (exact) mass is 277 g/mol. The van der Waals surface area contributed by atoms with E-state index in [9.17, 15) is 9.90 Å². The molecule has 0 aromatic heterocycles. The highest BCUT2D eigenvalue weighted by Gasteiger charge is 2.37. The van der Waals surface area contributed by atoms with Gasteiger partial charge in [0.1, 0.15) is 5.75 Å². The van der Waals surface area contributed by atoms with Gasteiger partial charge in [0.25, 0.3) is 5.91 Å². The van der Waals surface area contributed by atoms with Crippen molar-refractivity contribution in [3.8, 4) is 5.75 Å². The van der Waals surface area contributed by atoms with Crippen LogP contribution in [-0.4, -0.2) is 29.8 Å². The maximum atomic E-state index is 12.2. The number of benzene rings is 1. The summed E-state index contributed by atoms with van der Waals surface area (Å²) in [7, 11) is 0. The Morgan fingerprint density at radius 2 is 2.20 bits per heavy atom. The molecule has 0 saturated heterocycles. The summed E-state index contributed by atoms with van der Waals surface area (Å²) in [5.74, 6) is 1.01. The fraction of sp³-hybridized carbons (Fsp3) is 0.562. The number of nitrogens with one attached hydrogen (secondary N) is 1. The highest BCUT2D eigenvalue weighted by atomic mass is 16.5. The summed E-state index contributed by atoms with van der Waals surface area (Å²) in [6.07, 6.45) is 2.75. The summed E-state index contributed by atoms with van der Waals surface area (Å²) in [6, 6.07) is 7.18. The zero-order chi connectivity index (χ0) is 14.6. The van der Waals surface area contributed by atoms with Crippen LogP contribution in [-0.2, 0) is 0 Å². The van der Waals surface area contributed by atoms with Crippen molar-refractivity contribution in [1.82, 2.24) is 5.32 Å². The number of aliphatic hydroxyl groups is 1. The summed E-state index contributed by atoms with van der Waals surface area (Å²) < 4.78 is 5.63. The van der Waals surface area contributed by atoms with Gasteiger partial charge in [0.2, 0.25) is 0 Å². The summed E-state index contributed by atoms with van der Waals surface area (Å²) >= 11 is 0. The van der Waals surface area contributed by atoms with E-state index >= 15 is 0 Å². The van der Waals surface area contributed by atoms with Crippen LogP contribution >= 0.6 is 0 Å². The molecular formula is C16H23NO3. The van der Waals surface area contributed by atoms with Gasteiger partial charge in [-0.1, -0.05) is 19.9 Å². The number of hydrogen-bond donors (Lipinski definition) is 2. The highest BCUT2D eigenvalue weighted by Crippen LogP contribution is 2.31. The van der Waals surface area contributed by atoms with Crippen LogP contribution in [0.4, 0.5) is 0 Å². The number of carbonyl (C=O) groups is 1. The summed E-state index contributed by atoms with van der Waals surface area (Å²) in [5, 5.41) is 12.3. The smallest absolute Gasteiger partial charge is 0.251 e. The molecule has 4 nitrogen and oxygen atoms in total. The molecule has 1 aliphatic carbocycles. The first kappa shape index (κ1) is 14.9. The van der Waals surface area contributed by atoms with Crippen LogP contribution in [0.3, 0.4) is 0 Å². The van der Waals surface area contributed by atoms with Crippen LogP contribution < -0.4 is 10.1 Å². The maximum Gasteiger partial charge on any atom is 0.251 e. The zero-order valence-corrected chi connectivity index (χ0v) is 12.2. The quantitative estimate of drug-likeness (QED) is 0.839. The highest BCUT2D eigenvalue weighted by molar-refractivity contribution is 5.95. The van der Waals surface area contributed by atoms with Gasteiger partial charge in [-0.3, -0.25) is 4.79 Å². The number of aliphatic hydroxyl groups excluding tert-OH is 1. The van der Waals surface area contributed by atoms with Gasteiger partial charge < -0.3 is 15.2 Å². The first-order valence-corrected chi connectivity index (χ1v) is 7.21. The third-order valence-electron chi connectivity index (χ3n) is 3.67. The Hall–Kier alpha value is -1.55. The lowest BCUT2D eigenvalue weighted by Gasteiger charge is -2.40. The van der Waals surface area contributed by atoms with Crippen molar-refractivity contribution >= 4 is 5.91 Å². The molecular weight excluding hydrogens is 254 g/mol. The Morgan fingerprint density at radius 3 is 2.75 bits per heavy atom. The second-order valence-corrected chi connectivity index (χ2v) is 5.98. The topological polar surface area (TPSA) is 58.6 Å². The van der Waals surface area contributed by atoms with Gasteiger partial charge in [0.05, 0.1) is 18.8 Å². The van der Waals surface area contributed by atoms with E-state index in [4.69, 9.17) is 4.74 Å². The van der Waals surface area contributed by atoms with E-state index in [1.54, 1.807) is 12.1 Å². The van der Waals surface area contributed by atoms with Crippen molar-refractivity contribution in [3.63, 3.8) is 0 Å². The standard InChI is InChI=1S/C16H23NO3/c1-12(2)10-20-14-6-3-5-13(9-14)15(19)17-16(11-18)7-4-8-16/h3,5-6,9,12,18H,4,7-8,10-11H2,1-2H3,(H,17,19). The van der Waals surface area contributed by atoms with Gasteiger partial charge >= 0.3 is 0 Å². The molecule has 1 aliphatic rings. The molecule has 0 bridgehead atoms. The summed E-state index contributed by atoms with van der Waals surface area (Å²) in [6.45, 7) is 4.80. The average Bonchev–Trinajstić information content (AvgIpc) is 2.40. The van der Waals surface area contributed by atoms with Crippen LogP contribution in [0, 0.1) is 5.92 Å². The van der Waals surface area contributed by atoms with Gasteiger partial charge in [-0.05, 0) is 43.4 Å². The molecule has 0 aliphatic heterocycles. The normalized spacial score (nSPS) is 16.6. The fourth-order valence-electron chi connectivity index (χ4n) is 2.23. The van der Waals surface area contributed by atoms with E-state index < -0.39 is 5.54 Å². The molecule has 1 aromatic carbocycles. The zero-order valence-electron chi connectivity index (χ0n) is 12.2. The second kappa shape index (κ2) is 6.27. The second-order valence-electron chi connectivity index (χ2n) is 5.98. The van der Waals surface area contributed by atoms with Crippen molar-refractivity contribution < 1.29 is 14.6 Å². The van der Waals surface area contributed by atoms with Crippen molar-refractivity contribution in [2.45, 2.75) is 38.6 Å². The van der Waals surface area contributed by atoms with Crippen LogP contribution in [0.1, 0.15) is 43.5 Å². The van der Waals surface area contributed by atoms with Gasteiger partial charge in [-0.2, -0.15) is 0 Å². The van der Waals surface area contributed by atoms with Crippen LogP contribution in [0.5, 0.6) is 5.75 Å². The Kier molecular flexibility index (Phi) is 4.65. The van der Waals surface area contributed by atoms with Gasteiger partial charge in [0, 0.05) is 5.56 Å². The van der Waals surface area contributed by atoms with Gasteiger partial charge in [-0.15, -0.1) is 0 Å². The number of carbonyl (C=O) groups excluding carboxylic acids is 1. The predicted molar refractivity (Wildman–Crippen MR) is 77.9 cm³/mol. The molecule has 20 heavy (non-hydrogen) atoms. The van der Waals surface area contributed by atoms with Crippen molar-refractivity contribution in [2.75, 3.05) is 13.2 Å². The molecule has 1 aromatic rings. The molecule has 0 unspecified atom stereocenters. The Labute approximate surface area is 120 Å². The Morgan fingerprint density at radius 1 is 1.45 bits per heavy atom.